The molecular weight excluding hydrogens is 929 g/mol. The molecule has 3 aromatic heterocycles. The Hall–Kier alpha value is -6.24. The van der Waals surface area contributed by atoms with Gasteiger partial charge in [0.25, 0.3) is 0 Å². The summed E-state index contributed by atoms with van der Waals surface area (Å²) in [7, 11) is 0. The molecular formula is C54H68N12O5S. The van der Waals surface area contributed by atoms with Crippen LogP contribution in [-0.2, 0) is 20.9 Å². The molecule has 18 heteroatoms. The molecule has 4 saturated heterocycles. The zero-order valence-electron chi connectivity index (χ0n) is 41.8. The first kappa shape index (κ1) is 49.3. The Balaban J connectivity index is 0.686. The van der Waals surface area contributed by atoms with Gasteiger partial charge in [-0.1, -0.05) is 45.0 Å². The van der Waals surface area contributed by atoms with Crippen LogP contribution in [0.3, 0.4) is 0 Å². The summed E-state index contributed by atoms with van der Waals surface area (Å²) in [5.41, 5.74) is 14.5. The molecule has 2 bridgehead atoms. The third-order valence-corrected chi connectivity index (χ3v) is 16.9. The molecule has 5 aromatic rings. The number of benzene rings is 2. The van der Waals surface area contributed by atoms with Crippen molar-refractivity contribution in [3.8, 4) is 27.6 Å². The van der Waals surface area contributed by atoms with Gasteiger partial charge in [-0.3, -0.25) is 24.4 Å². The number of phenolic OH excluding ortho intramolecular Hbond substituents is 1. The van der Waals surface area contributed by atoms with Crippen molar-refractivity contribution in [3.05, 3.63) is 89.5 Å². The van der Waals surface area contributed by atoms with E-state index in [2.05, 4.69) is 74.7 Å². The Morgan fingerprint density at radius 3 is 2.19 bits per heavy atom. The van der Waals surface area contributed by atoms with Crippen LogP contribution in [0.2, 0.25) is 0 Å². The number of thiazole rings is 1. The predicted molar refractivity (Wildman–Crippen MR) is 278 cm³/mol. The van der Waals surface area contributed by atoms with Crippen molar-refractivity contribution in [3.63, 3.8) is 0 Å². The van der Waals surface area contributed by atoms with Crippen LogP contribution in [0.15, 0.2) is 72.5 Å². The van der Waals surface area contributed by atoms with Gasteiger partial charge in [-0.2, -0.15) is 0 Å². The van der Waals surface area contributed by atoms with Gasteiger partial charge >= 0.3 is 0 Å². The zero-order valence-corrected chi connectivity index (χ0v) is 42.6. The van der Waals surface area contributed by atoms with E-state index in [0.717, 1.165) is 93.8 Å². The number of fused-ring (bicyclic) bond motifs is 2. The molecule has 1 saturated carbocycles. The number of aliphatic hydroxyl groups excluding tert-OH is 1. The fourth-order valence-electron chi connectivity index (χ4n) is 12.0. The van der Waals surface area contributed by atoms with Gasteiger partial charge in [-0.15, -0.1) is 21.5 Å². The van der Waals surface area contributed by atoms with Gasteiger partial charge in [-0.25, -0.2) is 4.98 Å². The van der Waals surface area contributed by atoms with Gasteiger partial charge in [0.2, 0.25) is 17.7 Å². The zero-order chi connectivity index (χ0) is 50.3. The number of likely N-dealkylation sites (tertiary alicyclic amines) is 2. The van der Waals surface area contributed by atoms with Gasteiger partial charge < -0.3 is 46.2 Å². The van der Waals surface area contributed by atoms with Crippen LogP contribution in [0.4, 0.5) is 17.2 Å². The smallest absolute Gasteiger partial charge is 0.246 e. The van der Waals surface area contributed by atoms with Crippen molar-refractivity contribution in [1.29, 1.82) is 0 Å². The number of piperazine rings is 1. The number of anilines is 3. The molecule has 2 unspecified atom stereocenters. The van der Waals surface area contributed by atoms with E-state index in [9.17, 15) is 24.6 Å². The van der Waals surface area contributed by atoms with Crippen molar-refractivity contribution in [2.75, 3.05) is 48.3 Å². The molecule has 5 fully saturated rings. The fraction of sp³-hybridized carbons (Fsp3) is 0.519. The number of nitrogens with zero attached hydrogens (tertiary/aromatic N) is 9. The summed E-state index contributed by atoms with van der Waals surface area (Å²) in [6.07, 6.45) is 10.3. The lowest BCUT2D eigenvalue weighted by Crippen LogP contribution is -2.58. The first-order chi connectivity index (χ1) is 34.7. The molecule has 1 aliphatic carbocycles. The van der Waals surface area contributed by atoms with Crippen LogP contribution in [-0.4, -0.2) is 132 Å². The van der Waals surface area contributed by atoms with Crippen LogP contribution in [0.25, 0.3) is 21.8 Å². The standard InChI is InChI=1S/C54H68N12O5S/c1-32-48(72-31-59-32)44-27-56-36(25-57-44)26-58-52(70)46-23-41(67)30-65(46)53(71)49(54(2,3)4)60-51(69)35-11-13-37(14-12-35)63-21-19-34(20-22-63)33-9-15-38(16-10-33)66-39-17-18-40(66)29-64(28-39)45-24-43(61-62-50(45)55)42-7-5-6-8-47(42)68/h5-10,15-16,24-25,27,31,34-35,37,39-41,46,49,67-68H,11-14,17-23,26,28-30H2,1-4H3,(H2,55,62)(H,58,70)(H,60,69)/t35-,37-,39?,40?,41-,46+,49-/m1/s1. The highest BCUT2D eigenvalue weighted by Gasteiger charge is 2.46. The maximum atomic E-state index is 14.3. The average molecular weight is 997 g/mol. The first-order valence-corrected chi connectivity index (χ1v) is 26.6. The minimum absolute atomic E-state index is 0.0162. The second kappa shape index (κ2) is 20.7. The predicted octanol–water partition coefficient (Wildman–Crippen LogP) is 6.06. The summed E-state index contributed by atoms with van der Waals surface area (Å²) in [5.74, 6) is 0.0184. The number of nitrogens with one attached hydrogen (secondary N) is 2. The Bertz CT molecular complexity index is 2720. The number of β-amino-alcohol motifs (C(OH)–C–C–N with tert-alkyl or cyclic N) is 1. The highest BCUT2D eigenvalue weighted by Crippen LogP contribution is 2.41. The van der Waals surface area contributed by atoms with E-state index in [1.165, 1.54) is 27.5 Å². The van der Waals surface area contributed by atoms with E-state index in [1.807, 2.05) is 45.9 Å². The van der Waals surface area contributed by atoms with Crippen LogP contribution >= 0.6 is 11.3 Å². The number of nitrogen functional groups attached to an aromatic ring is 1. The SMILES string of the molecule is Cc1ncsc1-c1cnc(CNC(=O)[C@@H]2C[C@@H](O)CN2C(=O)[C@@H](NC(=O)[C@H]2CC[C@H](N3CCC(c4ccc(N5C6CCC5CN(c5cc(-c7ccccc7O)nnc5N)C6)cc4)CC3)CC2)C(C)(C)C)cn1. The lowest BCUT2D eigenvalue weighted by Gasteiger charge is -2.44. The van der Waals surface area contributed by atoms with Crippen molar-refractivity contribution < 1.29 is 24.6 Å². The largest absolute Gasteiger partial charge is 0.507 e. The van der Waals surface area contributed by atoms with E-state index in [4.69, 9.17) is 5.73 Å². The summed E-state index contributed by atoms with van der Waals surface area (Å²) in [5, 5.41) is 35.8. The molecule has 5 atom stereocenters. The maximum absolute atomic E-state index is 14.3. The monoisotopic (exact) mass is 997 g/mol. The summed E-state index contributed by atoms with van der Waals surface area (Å²) >= 11 is 1.49. The molecule has 0 radical (unpaired) electrons. The molecule has 5 aliphatic rings. The van der Waals surface area contributed by atoms with E-state index in [1.54, 1.807) is 30.0 Å². The Labute approximate surface area is 425 Å². The number of carbonyl (C=O) groups is 3. The quantitative estimate of drug-likeness (QED) is 0.0961. The summed E-state index contributed by atoms with van der Waals surface area (Å²) in [4.78, 5) is 65.1. The number of phenols is 1. The highest BCUT2D eigenvalue weighted by molar-refractivity contribution is 7.13. The lowest BCUT2D eigenvalue weighted by molar-refractivity contribution is -0.144. The number of aryl methyl sites for hydroxylation is 1. The fourth-order valence-corrected chi connectivity index (χ4v) is 12.8. The van der Waals surface area contributed by atoms with Crippen LogP contribution in [0, 0.1) is 18.3 Å². The highest BCUT2D eigenvalue weighted by atomic mass is 32.1. The molecule has 10 rings (SSSR count). The Morgan fingerprint density at radius 1 is 0.833 bits per heavy atom. The van der Waals surface area contributed by atoms with E-state index in [0.29, 0.717) is 52.5 Å². The van der Waals surface area contributed by atoms with Gasteiger partial charge in [0.15, 0.2) is 5.82 Å². The third kappa shape index (κ3) is 10.4. The second-order valence-electron chi connectivity index (χ2n) is 21.7. The Morgan fingerprint density at radius 2 is 1.54 bits per heavy atom. The van der Waals surface area contributed by atoms with Crippen molar-refractivity contribution in [1.82, 2.24) is 45.6 Å². The average Bonchev–Trinajstić information content (AvgIpc) is 4.08. The van der Waals surface area contributed by atoms with Gasteiger partial charge in [0.1, 0.15) is 23.5 Å². The van der Waals surface area contributed by atoms with Gasteiger partial charge in [-0.05, 0) is 119 Å². The summed E-state index contributed by atoms with van der Waals surface area (Å²) in [6, 6.07) is 17.8. The summed E-state index contributed by atoms with van der Waals surface area (Å²) < 4.78 is 0. The molecule has 4 aliphatic heterocycles. The number of piperidine rings is 1. The number of amides is 3. The maximum Gasteiger partial charge on any atom is 0.246 e. The molecule has 7 heterocycles. The molecule has 380 valence electrons. The van der Waals surface area contributed by atoms with E-state index < -0.39 is 23.6 Å². The molecule has 72 heavy (non-hydrogen) atoms. The Kier molecular flexibility index (Phi) is 14.2. The van der Waals surface area contributed by atoms with E-state index in [-0.39, 0.29) is 48.9 Å². The van der Waals surface area contributed by atoms with Crippen molar-refractivity contribution >= 4 is 46.3 Å². The number of hydrogen-bond acceptors (Lipinski definition) is 15. The molecule has 3 amide bonds. The number of aliphatic hydroxyl groups is 1. The van der Waals surface area contributed by atoms with Crippen LogP contribution < -0.4 is 26.2 Å². The van der Waals surface area contributed by atoms with E-state index >= 15 is 0 Å². The molecule has 0 spiro atoms. The number of aromatic hydroxyl groups is 1. The van der Waals surface area contributed by atoms with Gasteiger partial charge in [0, 0.05) is 61.3 Å². The summed E-state index contributed by atoms with van der Waals surface area (Å²) in [6.45, 7) is 11.6. The molecule has 6 N–H and O–H groups in total. The number of hydrogen-bond donors (Lipinski definition) is 5. The third-order valence-electron chi connectivity index (χ3n) is 16.0. The van der Waals surface area contributed by atoms with Crippen molar-refractivity contribution in [2.24, 2.45) is 11.3 Å². The normalized spacial score (nSPS) is 24.3. The number of nitrogens with two attached hydrogens (primary N) is 1. The van der Waals surface area contributed by atoms with Crippen LogP contribution in [0.5, 0.6) is 5.75 Å². The lowest BCUT2D eigenvalue weighted by atomic mass is 9.81. The minimum Gasteiger partial charge on any atom is -0.507 e. The molecule has 2 aromatic carbocycles. The second-order valence-corrected chi connectivity index (χ2v) is 22.6. The van der Waals surface area contributed by atoms with Gasteiger partial charge in [0.05, 0.1) is 58.2 Å². The van der Waals surface area contributed by atoms with Crippen LogP contribution in [0.1, 0.15) is 101 Å². The minimum atomic E-state index is -0.880. The first-order valence-electron chi connectivity index (χ1n) is 25.7. The number of rotatable bonds is 12. The number of aromatic nitrogens is 5. The number of para-hydroxylation sites is 1. The topological polar surface area (TPSA) is 219 Å². The molecule has 17 nitrogen and oxygen atoms in total. The van der Waals surface area contributed by atoms with Crippen molar-refractivity contribution in [2.45, 2.75) is 134 Å². The number of carbonyl (C=O) groups excluding carboxylic acids is 3.